The van der Waals surface area contributed by atoms with Crippen LogP contribution in [-0.2, 0) is 28.0 Å². The van der Waals surface area contributed by atoms with Gasteiger partial charge in [0.1, 0.15) is 6.29 Å². The highest BCUT2D eigenvalue weighted by Gasteiger charge is 2.47. The Morgan fingerprint density at radius 2 is 1.94 bits per heavy atom. The van der Waals surface area contributed by atoms with Crippen LogP contribution in [0.25, 0.3) is 0 Å². The number of likely N-dealkylation sites (N-methyl/N-ethyl adjacent to an activating group) is 2. The van der Waals surface area contributed by atoms with Crippen LogP contribution in [0.4, 0.5) is 0 Å². The summed E-state index contributed by atoms with van der Waals surface area (Å²) in [6, 6.07) is 0.955. The molecule has 8 heteroatoms. The van der Waals surface area contributed by atoms with Gasteiger partial charge in [0.05, 0.1) is 17.8 Å². The van der Waals surface area contributed by atoms with Crippen LogP contribution in [0, 0.1) is 11.3 Å². The Morgan fingerprint density at radius 3 is 2.56 bits per heavy atom. The van der Waals surface area contributed by atoms with Gasteiger partial charge in [0.15, 0.2) is 0 Å². The first-order valence-electron chi connectivity index (χ1n) is 13.6. The first kappa shape index (κ1) is 30.2. The Balaban J connectivity index is 0.000000354. The lowest BCUT2D eigenvalue weighted by molar-refractivity contribution is -0.131. The summed E-state index contributed by atoms with van der Waals surface area (Å²) in [6.45, 7) is 13.6. The first-order chi connectivity index (χ1) is 17.0. The molecule has 4 N–H and O–H groups in total. The van der Waals surface area contributed by atoms with E-state index in [0.717, 1.165) is 25.7 Å². The maximum Gasteiger partial charge on any atom is 0.222 e. The minimum Gasteiger partial charge on any atom is -0.339 e. The van der Waals surface area contributed by atoms with E-state index in [4.69, 9.17) is 10.8 Å². The molecule has 36 heavy (non-hydrogen) atoms. The molecular weight excluding hydrogens is 452 g/mol. The largest absolute Gasteiger partial charge is 0.339 e. The van der Waals surface area contributed by atoms with Crippen molar-refractivity contribution in [3.63, 3.8) is 0 Å². The van der Waals surface area contributed by atoms with E-state index in [1.54, 1.807) is 14.0 Å². The van der Waals surface area contributed by atoms with Crippen LogP contribution in [0.1, 0.15) is 84.2 Å². The van der Waals surface area contributed by atoms with Gasteiger partial charge in [0.2, 0.25) is 5.91 Å². The van der Waals surface area contributed by atoms with E-state index in [1.807, 2.05) is 13.8 Å². The van der Waals surface area contributed by atoms with Crippen molar-refractivity contribution in [1.29, 1.82) is 0 Å². The Hall–Kier alpha value is -2.03. The van der Waals surface area contributed by atoms with Crippen molar-refractivity contribution >= 4 is 12.2 Å². The van der Waals surface area contributed by atoms with E-state index in [0.29, 0.717) is 42.8 Å². The fraction of sp³-hybridized carbons (Fsp3) is 0.750. The molecule has 0 spiro atoms. The minimum absolute atomic E-state index is 0.00194. The van der Waals surface area contributed by atoms with E-state index in [2.05, 4.69) is 55.3 Å². The van der Waals surface area contributed by atoms with Gasteiger partial charge < -0.3 is 20.7 Å². The summed E-state index contributed by atoms with van der Waals surface area (Å²) >= 11 is 0. The molecule has 2 heterocycles. The lowest BCUT2D eigenvalue weighted by Crippen LogP contribution is -2.45. The van der Waals surface area contributed by atoms with Crippen molar-refractivity contribution in [2.75, 3.05) is 27.3 Å². The predicted octanol–water partition coefficient (Wildman–Crippen LogP) is 3.37. The average molecular weight is 503 g/mol. The quantitative estimate of drug-likeness (QED) is 0.313. The third-order valence-electron chi connectivity index (χ3n) is 7.85. The van der Waals surface area contributed by atoms with Crippen molar-refractivity contribution in [3.8, 4) is 0 Å². The Kier molecular flexibility index (Phi) is 10.9. The monoisotopic (exact) mass is 502 g/mol. The number of nitrogens with two attached hydrogens (primary N) is 1. The molecule has 1 fully saturated rings. The van der Waals surface area contributed by atoms with Gasteiger partial charge >= 0.3 is 0 Å². The van der Waals surface area contributed by atoms with Gasteiger partial charge in [-0.25, -0.2) is 0 Å². The molecule has 3 aliphatic rings. The molecule has 3 unspecified atom stereocenters. The minimum atomic E-state index is -0.0264. The fourth-order valence-corrected chi connectivity index (χ4v) is 5.65. The van der Waals surface area contributed by atoms with Crippen LogP contribution >= 0.6 is 0 Å². The molecule has 1 aromatic rings. The molecule has 1 saturated heterocycles. The van der Waals surface area contributed by atoms with E-state index in [-0.39, 0.29) is 18.0 Å². The summed E-state index contributed by atoms with van der Waals surface area (Å²) in [5, 5.41) is 12.1. The van der Waals surface area contributed by atoms with Gasteiger partial charge in [0.25, 0.3) is 0 Å². The summed E-state index contributed by atoms with van der Waals surface area (Å²) in [5.41, 5.74) is 10.3. The van der Waals surface area contributed by atoms with Crippen molar-refractivity contribution in [2.24, 2.45) is 17.1 Å². The Bertz CT molecular complexity index is 895. The number of hydrogen-bond donors (Lipinski definition) is 3. The van der Waals surface area contributed by atoms with E-state index >= 15 is 0 Å². The number of carbonyl (C=O) groups excluding carboxylic acids is 2. The third-order valence-corrected chi connectivity index (χ3v) is 7.85. The van der Waals surface area contributed by atoms with Crippen molar-refractivity contribution in [3.05, 3.63) is 29.1 Å². The molecule has 0 radical (unpaired) electrons. The molecule has 1 aromatic heterocycles. The second kappa shape index (κ2) is 13.0. The average Bonchev–Trinajstić information content (AvgIpc) is 3.44. The molecule has 4 atom stereocenters. The summed E-state index contributed by atoms with van der Waals surface area (Å²) in [5.74, 6) is 0.599. The second-order valence-electron chi connectivity index (χ2n) is 11.2. The smallest absolute Gasteiger partial charge is 0.222 e. The first-order valence-corrected chi connectivity index (χ1v) is 13.6. The number of nitrogens with zero attached hydrogens (tertiary/aromatic N) is 3. The summed E-state index contributed by atoms with van der Waals surface area (Å²) in [4.78, 5) is 24.1. The molecule has 2 aliphatic carbocycles. The fourth-order valence-electron chi connectivity index (χ4n) is 5.65. The van der Waals surface area contributed by atoms with Crippen molar-refractivity contribution in [2.45, 2.75) is 97.7 Å². The normalized spacial score (nSPS) is 27.7. The van der Waals surface area contributed by atoms with Gasteiger partial charge in [-0.15, -0.1) is 0 Å². The van der Waals surface area contributed by atoms with E-state index in [9.17, 15) is 9.59 Å². The molecule has 8 nitrogen and oxygen atoms in total. The van der Waals surface area contributed by atoms with Crippen LogP contribution in [0.2, 0.25) is 0 Å². The summed E-state index contributed by atoms with van der Waals surface area (Å²) in [7, 11) is 3.72. The SMILES string of the molecule is CC.CCC(=O)N(C)CC=O.CN(CN)C1C=CC2C[C@](C)(c3n[nH]c4c3CCC(C)(C)C4)NC2C1. The van der Waals surface area contributed by atoms with E-state index < -0.39 is 0 Å². The molecule has 1 aliphatic heterocycles. The van der Waals surface area contributed by atoms with Gasteiger partial charge in [0, 0.05) is 37.9 Å². The van der Waals surface area contributed by atoms with Crippen LogP contribution in [-0.4, -0.2) is 71.6 Å². The zero-order valence-corrected chi connectivity index (χ0v) is 23.9. The number of amides is 1. The lowest BCUT2D eigenvalue weighted by Gasteiger charge is -2.33. The Morgan fingerprint density at radius 1 is 1.25 bits per heavy atom. The number of fused-ring (bicyclic) bond motifs is 2. The maximum atomic E-state index is 10.7. The highest BCUT2D eigenvalue weighted by Crippen LogP contribution is 2.44. The van der Waals surface area contributed by atoms with Gasteiger partial charge in [-0.3, -0.25) is 14.8 Å². The molecular formula is C28H50N6O2. The zero-order valence-electron chi connectivity index (χ0n) is 23.9. The van der Waals surface area contributed by atoms with Gasteiger partial charge in [-0.1, -0.05) is 46.8 Å². The number of carbonyl (C=O) groups is 2. The van der Waals surface area contributed by atoms with Crippen molar-refractivity contribution in [1.82, 2.24) is 25.3 Å². The Labute approximate surface area is 218 Å². The third kappa shape index (κ3) is 7.05. The summed E-state index contributed by atoms with van der Waals surface area (Å²) < 4.78 is 0. The van der Waals surface area contributed by atoms with E-state index in [1.165, 1.54) is 28.3 Å². The van der Waals surface area contributed by atoms with Crippen LogP contribution in [0.5, 0.6) is 0 Å². The number of aldehydes is 1. The molecule has 1 amide bonds. The van der Waals surface area contributed by atoms with Gasteiger partial charge in [-0.05, 0) is 63.0 Å². The molecule has 0 saturated carbocycles. The number of aromatic amines is 1. The molecule has 204 valence electrons. The summed E-state index contributed by atoms with van der Waals surface area (Å²) in [6.07, 6.45) is 11.7. The molecule has 0 aromatic carbocycles. The van der Waals surface area contributed by atoms with Crippen LogP contribution < -0.4 is 11.1 Å². The number of hydrogen-bond acceptors (Lipinski definition) is 6. The lowest BCUT2D eigenvalue weighted by atomic mass is 9.74. The highest BCUT2D eigenvalue weighted by atomic mass is 16.2. The number of aromatic nitrogens is 2. The molecule has 0 bridgehead atoms. The van der Waals surface area contributed by atoms with Gasteiger partial charge in [-0.2, -0.15) is 5.10 Å². The van der Waals surface area contributed by atoms with Crippen LogP contribution in [0.15, 0.2) is 12.2 Å². The van der Waals surface area contributed by atoms with Crippen molar-refractivity contribution < 1.29 is 9.59 Å². The number of H-pyrrole nitrogens is 1. The number of rotatable bonds is 6. The topological polar surface area (TPSA) is 107 Å². The molecule has 4 rings (SSSR count). The zero-order chi connectivity index (χ0) is 27.1. The number of nitrogens with one attached hydrogen (secondary N) is 2. The predicted molar refractivity (Wildman–Crippen MR) is 146 cm³/mol. The highest BCUT2D eigenvalue weighted by molar-refractivity contribution is 5.77. The maximum absolute atomic E-state index is 10.7. The second-order valence-corrected chi connectivity index (χ2v) is 11.2. The standard InChI is InChI=1S/C20H33N5.C6H11NO2.C2H6/c1-19(2)8-7-15-17(11-19)23-24-18(15)20(3)10-13-5-6-14(25(4)12-21)9-16(13)22-20;1-3-6(9)7(2)4-5-8;1-2/h5-6,13-14,16,22H,7-12,21H2,1-4H3,(H,23,24);5H,3-4H2,1-2H3;1-2H3/t13?,14?,16?,20-;;/m1../s1. The van der Waals surface area contributed by atoms with Crippen LogP contribution in [0.3, 0.4) is 0 Å².